The molecule has 1 aliphatic heterocycles. The maximum atomic E-state index is 12.0. The smallest absolute Gasteiger partial charge is 0.407 e. The maximum absolute atomic E-state index is 12.0. The first-order valence-electron chi connectivity index (χ1n) is 10.2. The van der Waals surface area contributed by atoms with Crippen molar-refractivity contribution >= 4 is 6.09 Å². The SMILES string of the molecule is CCC(CN1CCN(C(C)C(C)CN)CC1)C(C)NC(=O)OC(C)(C)C. The standard InChI is InChI=1S/C20H42N4O2/c1-8-18(16(3)22-19(25)26-20(5,6)7)14-23-9-11-24(12-10-23)17(4)15(2)13-21/h15-18H,8-14,21H2,1-7H3,(H,22,25). The first-order chi connectivity index (χ1) is 12.1. The number of carbonyl (C=O) groups excluding carboxylic acids is 1. The third-order valence-electron chi connectivity index (χ3n) is 5.65. The van der Waals surface area contributed by atoms with E-state index in [1.165, 1.54) is 0 Å². The molecule has 1 rings (SSSR count). The summed E-state index contributed by atoms with van der Waals surface area (Å²) in [7, 11) is 0. The first-order valence-corrected chi connectivity index (χ1v) is 10.2. The van der Waals surface area contributed by atoms with Gasteiger partial charge >= 0.3 is 6.09 Å². The van der Waals surface area contributed by atoms with Crippen LogP contribution in [-0.4, -0.2) is 72.8 Å². The zero-order chi connectivity index (χ0) is 19.9. The largest absolute Gasteiger partial charge is 0.444 e. The molecule has 0 aromatic carbocycles. The normalized spacial score (nSPS) is 21.7. The summed E-state index contributed by atoms with van der Waals surface area (Å²) in [6, 6.07) is 0.640. The molecule has 0 aromatic rings. The summed E-state index contributed by atoms with van der Waals surface area (Å²) in [6.07, 6.45) is 0.718. The molecule has 1 fully saturated rings. The van der Waals surface area contributed by atoms with Gasteiger partial charge < -0.3 is 20.7 Å². The zero-order valence-electron chi connectivity index (χ0n) is 18.0. The van der Waals surface area contributed by atoms with Crippen LogP contribution < -0.4 is 11.1 Å². The van der Waals surface area contributed by atoms with Crippen LogP contribution in [0.5, 0.6) is 0 Å². The van der Waals surface area contributed by atoms with Crippen LogP contribution in [0, 0.1) is 11.8 Å². The maximum Gasteiger partial charge on any atom is 0.407 e. The fourth-order valence-electron chi connectivity index (χ4n) is 3.49. The molecule has 0 aromatic heterocycles. The van der Waals surface area contributed by atoms with Crippen LogP contribution in [0.1, 0.15) is 54.9 Å². The quantitative estimate of drug-likeness (QED) is 0.687. The lowest BCUT2D eigenvalue weighted by Gasteiger charge is -2.41. The summed E-state index contributed by atoms with van der Waals surface area (Å²) in [5.41, 5.74) is 5.36. The fourth-order valence-corrected chi connectivity index (χ4v) is 3.49. The molecule has 0 aliphatic carbocycles. The zero-order valence-corrected chi connectivity index (χ0v) is 18.0. The van der Waals surface area contributed by atoms with E-state index in [9.17, 15) is 4.79 Å². The minimum Gasteiger partial charge on any atom is -0.444 e. The Bertz CT molecular complexity index is 417. The molecule has 1 amide bonds. The molecule has 1 aliphatic rings. The van der Waals surface area contributed by atoms with E-state index in [4.69, 9.17) is 10.5 Å². The van der Waals surface area contributed by atoms with E-state index >= 15 is 0 Å². The molecule has 154 valence electrons. The van der Waals surface area contributed by atoms with E-state index in [1.54, 1.807) is 0 Å². The number of nitrogens with zero attached hydrogens (tertiary/aromatic N) is 2. The highest BCUT2D eigenvalue weighted by Crippen LogP contribution is 2.17. The monoisotopic (exact) mass is 370 g/mol. The highest BCUT2D eigenvalue weighted by atomic mass is 16.6. The lowest BCUT2D eigenvalue weighted by molar-refractivity contribution is 0.0456. The van der Waals surface area contributed by atoms with E-state index in [1.807, 2.05) is 20.8 Å². The molecule has 26 heavy (non-hydrogen) atoms. The van der Waals surface area contributed by atoms with Gasteiger partial charge in [-0.15, -0.1) is 0 Å². The molecule has 0 radical (unpaired) electrons. The Labute approximate surface area is 160 Å². The molecule has 6 nitrogen and oxygen atoms in total. The lowest BCUT2D eigenvalue weighted by Crippen LogP contribution is -2.53. The van der Waals surface area contributed by atoms with Crippen LogP contribution >= 0.6 is 0 Å². The van der Waals surface area contributed by atoms with Crippen LogP contribution in [0.3, 0.4) is 0 Å². The Balaban J connectivity index is 2.45. The first kappa shape index (κ1) is 23.2. The number of hydrogen-bond donors (Lipinski definition) is 2. The van der Waals surface area contributed by atoms with Crippen molar-refractivity contribution in [2.24, 2.45) is 17.6 Å². The van der Waals surface area contributed by atoms with Crippen molar-refractivity contribution < 1.29 is 9.53 Å². The number of alkyl carbamates (subject to hydrolysis) is 1. The second-order valence-corrected chi connectivity index (χ2v) is 8.89. The molecule has 0 spiro atoms. The second-order valence-electron chi connectivity index (χ2n) is 8.89. The van der Waals surface area contributed by atoms with Crippen LogP contribution in [0.15, 0.2) is 0 Å². The molecule has 3 N–H and O–H groups in total. The summed E-state index contributed by atoms with van der Waals surface area (Å²) in [6.45, 7) is 20.6. The average Bonchev–Trinajstić information content (AvgIpc) is 2.56. The van der Waals surface area contributed by atoms with Crippen LogP contribution in [0.25, 0.3) is 0 Å². The Hall–Kier alpha value is -0.850. The number of amides is 1. The Morgan fingerprint density at radius 1 is 1.15 bits per heavy atom. The summed E-state index contributed by atoms with van der Waals surface area (Å²) in [4.78, 5) is 17.1. The third-order valence-corrected chi connectivity index (χ3v) is 5.65. The fraction of sp³-hybridized carbons (Fsp3) is 0.950. The van der Waals surface area contributed by atoms with Gasteiger partial charge in [-0.05, 0) is 53.0 Å². The van der Waals surface area contributed by atoms with Gasteiger partial charge in [-0.3, -0.25) is 4.90 Å². The van der Waals surface area contributed by atoms with Crippen LogP contribution in [-0.2, 0) is 4.74 Å². The lowest BCUT2D eigenvalue weighted by atomic mass is 9.97. The van der Waals surface area contributed by atoms with E-state index in [-0.39, 0.29) is 12.1 Å². The van der Waals surface area contributed by atoms with Crippen molar-refractivity contribution in [1.29, 1.82) is 0 Å². The van der Waals surface area contributed by atoms with Gasteiger partial charge in [0.05, 0.1) is 0 Å². The molecule has 0 bridgehead atoms. The van der Waals surface area contributed by atoms with Crippen LogP contribution in [0.2, 0.25) is 0 Å². The van der Waals surface area contributed by atoms with Gasteiger partial charge in [-0.25, -0.2) is 4.79 Å². The summed E-state index contributed by atoms with van der Waals surface area (Å²) >= 11 is 0. The van der Waals surface area contributed by atoms with E-state index in [0.29, 0.717) is 17.9 Å². The van der Waals surface area contributed by atoms with E-state index < -0.39 is 5.60 Å². The summed E-state index contributed by atoms with van der Waals surface area (Å²) in [5, 5.41) is 3.01. The van der Waals surface area contributed by atoms with Crippen molar-refractivity contribution in [2.45, 2.75) is 72.6 Å². The number of ether oxygens (including phenoxy) is 1. The van der Waals surface area contributed by atoms with E-state index in [0.717, 1.165) is 45.7 Å². The number of nitrogens with one attached hydrogen (secondary N) is 1. The van der Waals surface area contributed by atoms with Gasteiger partial charge in [0, 0.05) is 44.8 Å². The Morgan fingerprint density at radius 2 is 1.73 bits per heavy atom. The number of rotatable bonds is 8. The van der Waals surface area contributed by atoms with Crippen molar-refractivity contribution in [3.63, 3.8) is 0 Å². The minimum absolute atomic E-state index is 0.101. The predicted molar refractivity (Wildman–Crippen MR) is 108 cm³/mol. The minimum atomic E-state index is -0.459. The number of hydrogen-bond acceptors (Lipinski definition) is 5. The molecular weight excluding hydrogens is 328 g/mol. The van der Waals surface area contributed by atoms with Gasteiger partial charge in [0.15, 0.2) is 0 Å². The predicted octanol–water partition coefficient (Wildman–Crippen LogP) is 2.53. The van der Waals surface area contributed by atoms with Gasteiger partial charge in [-0.2, -0.15) is 0 Å². The van der Waals surface area contributed by atoms with Crippen molar-refractivity contribution in [1.82, 2.24) is 15.1 Å². The van der Waals surface area contributed by atoms with Crippen molar-refractivity contribution in [3.8, 4) is 0 Å². The molecule has 0 saturated carbocycles. The summed E-state index contributed by atoms with van der Waals surface area (Å²) in [5.74, 6) is 0.956. The van der Waals surface area contributed by atoms with Crippen LogP contribution in [0.4, 0.5) is 4.79 Å². The molecule has 1 saturated heterocycles. The highest BCUT2D eigenvalue weighted by Gasteiger charge is 2.27. The average molecular weight is 371 g/mol. The van der Waals surface area contributed by atoms with Gasteiger partial charge in [0.2, 0.25) is 0 Å². The van der Waals surface area contributed by atoms with Crippen molar-refractivity contribution in [3.05, 3.63) is 0 Å². The number of piperazine rings is 1. The summed E-state index contributed by atoms with van der Waals surface area (Å²) < 4.78 is 5.39. The van der Waals surface area contributed by atoms with Crippen molar-refractivity contribution in [2.75, 3.05) is 39.3 Å². The number of carbonyl (C=O) groups is 1. The third kappa shape index (κ3) is 7.80. The van der Waals surface area contributed by atoms with Gasteiger partial charge in [0.1, 0.15) is 5.60 Å². The van der Waals surface area contributed by atoms with E-state index in [2.05, 4.69) is 42.8 Å². The highest BCUT2D eigenvalue weighted by molar-refractivity contribution is 5.68. The van der Waals surface area contributed by atoms with Gasteiger partial charge in [0.25, 0.3) is 0 Å². The molecule has 4 atom stereocenters. The Morgan fingerprint density at radius 3 is 2.19 bits per heavy atom. The number of nitrogens with two attached hydrogens (primary N) is 1. The molecule has 4 unspecified atom stereocenters. The molecule has 1 heterocycles. The topological polar surface area (TPSA) is 70.8 Å². The van der Waals surface area contributed by atoms with Gasteiger partial charge in [-0.1, -0.05) is 20.3 Å². The molecular formula is C20H42N4O2. The molecule has 6 heteroatoms. The Kier molecular flexibility index (Phi) is 9.34. The second kappa shape index (κ2) is 10.5.